The van der Waals surface area contributed by atoms with Crippen LogP contribution in [0.2, 0.25) is 0 Å². The van der Waals surface area contributed by atoms with Crippen molar-refractivity contribution in [2.24, 2.45) is 5.84 Å². The second-order valence-electron chi connectivity index (χ2n) is 9.22. The summed E-state index contributed by atoms with van der Waals surface area (Å²) in [4.78, 5) is 24.6. The number of ether oxygens (including phenoxy) is 3. The van der Waals surface area contributed by atoms with E-state index >= 15 is 0 Å². The number of amides is 1. The number of nitrogens with one attached hydrogen (secondary N) is 1. The van der Waals surface area contributed by atoms with E-state index < -0.39 is 5.97 Å². The molecular formula is C29H33N3O5. The summed E-state index contributed by atoms with van der Waals surface area (Å²) in [5.41, 5.74) is 6.76. The van der Waals surface area contributed by atoms with Gasteiger partial charge in [-0.25, -0.2) is 10.6 Å². The van der Waals surface area contributed by atoms with Crippen LogP contribution in [0.3, 0.4) is 0 Å². The van der Waals surface area contributed by atoms with Crippen LogP contribution < -0.4 is 20.7 Å². The smallest absolute Gasteiger partial charge is 0.344 e. The third-order valence-electron chi connectivity index (χ3n) is 6.29. The summed E-state index contributed by atoms with van der Waals surface area (Å²) < 4.78 is 18.6. The molecule has 8 nitrogen and oxygen atoms in total. The van der Waals surface area contributed by atoms with E-state index in [-0.39, 0.29) is 12.5 Å². The first-order valence-corrected chi connectivity index (χ1v) is 12.4. The van der Waals surface area contributed by atoms with Gasteiger partial charge in [-0.2, -0.15) is 0 Å². The highest BCUT2D eigenvalue weighted by Crippen LogP contribution is 2.35. The van der Waals surface area contributed by atoms with Gasteiger partial charge in [0.05, 0.1) is 24.8 Å². The number of carbonyl (C=O) groups is 2. The van der Waals surface area contributed by atoms with Crippen molar-refractivity contribution < 1.29 is 23.8 Å². The fourth-order valence-corrected chi connectivity index (χ4v) is 4.47. The molecule has 0 atom stereocenters. The number of benzene rings is 3. The number of rotatable bonds is 10. The minimum Gasteiger partial charge on any atom is -0.497 e. The van der Waals surface area contributed by atoms with E-state index in [1.54, 1.807) is 13.2 Å². The molecule has 0 saturated heterocycles. The summed E-state index contributed by atoms with van der Waals surface area (Å²) in [6, 6.07) is 17.4. The molecule has 0 aliphatic heterocycles. The molecule has 0 unspecified atom stereocenters. The Kier molecular flexibility index (Phi) is 7.98. The van der Waals surface area contributed by atoms with E-state index in [2.05, 4.69) is 36.0 Å². The third kappa shape index (κ3) is 5.54. The molecule has 3 N–H and O–H groups in total. The number of hydrogen-bond donors (Lipinski definition) is 2. The fraction of sp³-hybridized carbons (Fsp3) is 0.310. The molecule has 4 aromatic rings. The van der Waals surface area contributed by atoms with Gasteiger partial charge in [0, 0.05) is 22.8 Å². The first kappa shape index (κ1) is 26.0. The van der Waals surface area contributed by atoms with E-state index in [1.165, 1.54) is 5.56 Å². The van der Waals surface area contributed by atoms with Gasteiger partial charge >= 0.3 is 5.97 Å². The summed E-state index contributed by atoms with van der Waals surface area (Å²) in [6.07, 6.45) is 0.745. The van der Waals surface area contributed by atoms with E-state index in [4.69, 9.17) is 20.1 Å². The molecule has 0 bridgehead atoms. The number of esters is 1. The Morgan fingerprint density at radius 3 is 2.54 bits per heavy atom. The standard InChI is InChI=1S/C29H33N3O5/c1-5-11-36-27(33)17-37-21-9-10-25-24(15-21)28-23(29(34)31-30)7-6-8-26(28)32(25)16-19-12-20(18(2)3)14-22(13-19)35-4/h6-10,12-15,18H,5,11,16-17,30H2,1-4H3,(H,31,34). The third-order valence-corrected chi connectivity index (χ3v) is 6.29. The Hall–Kier alpha value is -4.04. The minimum absolute atomic E-state index is 0.192. The SMILES string of the molecule is CCCOC(=O)COc1ccc2c(c1)c1c(C(=O)NN)cccc1n2Cc1cc(OC)cc(C(C)C)c1. The van der Waals surface area contributed by atoms with Gasteiger partial charge in [-0.1, -0.05) is 32.9 Å². The number of methoxy groups -OCH3 is 1. The van der Waals surface area contributed by atoms with Crippen molar-refractivity contribution in [1.29, 1.82) is 0 Å². The average molecular weight is 504 g/mol. The summed E-state index contributed by atoms with van der Waals surface area (Å²) in [7, 11) is 1.67. The molecule has 194 valence electrons. The van der Waals surface area contributed by atoms with Crippen molar-refractivity contribution in [3.8, 4) is 11.5 Å². The molecule has 0 fully saturated rings. The predicted molar refractivity (Wildman–Crippen MR) is 144 cm³/mol. The highest BCUT2D eigenvalue weighted by Gasteiger charge is 2.19. The minimum atomic E-state index is -0.424. The van der Waals surface area contributed by atoms with Gasteiger partial charge in [0.15, 0.2) is 6.61 Å². The summed E-state index contributed by atoms with van der Waals surface area (Å²) in [5.74, 6) is 6.34. The second kappa shape index (κ2) is 11.3. The van der Waals surface area contributed by atoms with Crippen LogP contribution in [0.1, 0.15) is 54.6 Å². The molecule has 4 rings (SSSR count). The highest BCUT2D eigenvalue weighted by molar-refractivity contribution is 6.18. The Balaban J connectivity index is 1.83. The fourth-order valence-electron chi connectivity index (χ4n) is 4.47. The molecule has 0 saturated carbocycles. The number of hydrogen-bond acceptors (Lipinski definition) is 6. The number of nitrogens with two attached hydrogens (primary N) is 1. The van der Waals surface area contributed by atoms with Gasteiger partial charge in [-0.05, 0) is 65.9 Å². The molecule has 0 aliphatic rings. The van der Waals surface area contributed by atoms with Gasteiger partial charge in [0.2, 0.25) is 0 Å². The maximum Gasteiger partial charge on any atom is 0.344 e. The first-order chi connectivity index (χ1) is 17.9. The lowest BCUT2D eigenvalue weighted by Crippen LogP contribution is -2.30. The quantitative estimate of drug-likeness (QED) is 0.138. The molecule has 8 heteroatoms. The summed E-state index contributed by atoms with van der Waals surface area (Å²) in [6.45, 7) is 6.96. The van der Waals surface area contributed by atoms with Crippen LogP contribution in [0.4, 0.5) is 0 Å². The maximum atomic E-state index is 12.7. The normalized spacial score (nSPS) is 11.2. The van der Waals surface area contributed by atoms with E-state index in [0.29, 0.717) is 30.4 Å². The van der Waals surface area contributed by atoms with Crippen LogP contribution in [-0.2, 0) is 16.1 Å². The first-order valence-electron chi connectivity index (χ1n) is 12.4. The Labute approximate surface area is 216 Å². The van der Waals surface area contributed by atoms with E-state index in [1.807, 2.05) is 43.3 Å². The molecule has 37 heavy (non-hydrogen) atoms. The Morgan fingerprint density at radius 2 is 1.84 bits per heavy atom. The number of fused-ring (bicyclic) bond motifs is 3. The molecular weight excluding hydrogens is 470 g/mol. The van der Waals surface area contributed by atoms with Crippen molar-refractivity contribution >= 4 is 33.7 Å². The topological polar surface area (TPSA) is 105 Å². The van der Waals surface area contributed by atoms with Crippen molar-refractivity contribution in [3.63, 3.8) is 0 Å². The van der Waals surface area contributed by atoms with E-state index in [9.17, 15) is 9.59 Å². The largest absolute Gasteiger partial charge is 0.497 e. The molecule has 0 radical (unpaired) electrons. The Bertz CT molecular complexity index is 1440. The molecule has 0 aliphatic carbocycles. The molecule has 3 aromatic carbocycles. The predicted octanol–water partition coefficient (Wildman–Crippen LogP) is 4.91. The molecule has 1 aromatic heterocycles. The highest BCUT2D eigenvalue weighted by atomic mass is 16.6. The lowest BCUT2D eigenvalue weighted by atomic mass is 10.00. The zero-order valence-electron chi connectivity index (χ0n) is 21.7. The van der Waals surface area contributed by atoms with E-state index in [0.717, 1.165) is 39.5 Å². The van der Waals surface area contributed by atoms with Crippen molar-refractivity contribution in [2.45, 2.75) is 39.7 Å². The number of aromatic nitrogens is 1. The summed E-state index contributed by atoms with van der Waals surface area (Å²) in [5, 5.41) is 1.58. The monoisotopic (exact) mass is 503 g/mol. The average Bonchev–Trinajstić information content (AvgIpc) is 3.22. The number of carbonyl (C=O) groups excluding carboxylic acids is 2. The maximum absolute atomic E-state index is 12.7. The molecule has 1 heterocycles. The van der Waals surface area contributed by atoms with Gasteiger partial charge in [0.1, 0.15) is 11.5 Å². The summed E-state index contributed by atoms with van der Waals surface area (Å²) >= 11 is 0. The van der Waals surface area contributed by atoms with Gasteiger partial charge in [-0.15, -0.1) is 0 Å². The number of nitrogens with zero attached hydrogens (tertiary/aromatic N) is 1. The number of nitrogen functional groups attached to an aromatic ring is 1. The van der Waals surface area contributed by atoms with Crippen LogP contribution >= 0.6 is 0 Å². The van der Waals surface area contributed by atoms with Gasteiger partial charge in [-0.3, -0.25) is 10.2 Å². The van der Waals surface area contributed by atoms with Gasteiger partial charge in [0.25, 0.3) is 5.91 Å². The zero-order chi connectivity index (χ0) is 26.5. The van der Waals surface area contributed by atoms with Crippen LogP contribution in [-0.4, -0.2) is 36.8 Å². The van der Waals surface area contributed by atoms with Gasteiger partial charge < -0.3 is 18.8 Å². The lowest BCUT2D eigenvalue weighted by Gasteiger charge is -2.14. The van der Waals surface area contributed by atoms with Crippen LogP contribution in [0, 0.1) is 0 Å². The van der Waals surface area contributed by atoms with Crippen LogP contribution in [0.25, 0.3) is 21.8 Å². The van der Waals surface area contributed by atoms with Crippen LogP contribution in [0.15, 0.2) is 54.6 Å². The van der Waals surface area contributed by atoms with Crippen molar-refractivity contribution in [2.75, 3.05) is 20.3 Å². The zero-order valence-corrected chi connectivity index (χ0v) is 21.7. The molecule has 1 amide bonds. The second-order valence-corrected chi connectivity index (χ2v) is 9.22. The van der Waals surface area contributed by atoms with Crippen molar-refractivity contribution in [1.82, 2.24) is 9.99 Å². The lowest BCUT2D eigenvalue weighted by molar-refractivity contribution is -0.146. The van der Waals surface area contributed by atoms with Crippen molar-refractivity contribution in [3.05, 3.63) is 71.3 Å². The number of hydrazine groups is 1. The van der Waals surface area contributed by atoms with Crippen LogP contribution in [0.5, 0.6) is 11.5 Å². The molecule has 0 spiro atoms. The Morgan fingerprint density at radius 1 is 1.03 bits per heavy atom.